The predicted molar refractivity (Wildman–Crippen MR) is 95.3 cm³/mol. The standard InChI is InChI=1S/C17H18BrF2N3O2/c1-23-6-5-14(17(19,20)9-23)22-15-11-7-10(18)3-4-13(11)21-8-12(15)16(24)25-2/h3-4,7-8,14H,5-6,9H2,1-2H3,(H,21,22). The van der Waals surface area contributed by atoms with Gasteiger partial charge in [-0.25, -0.2) is 13.6 Å². The van der Waals surface area contributed by atoms with Gasteiger partial charge < -0.3 is 15.0 Å². The van der Waals surface area contributed by atoms with Crippen LogP contribution in [0.3, 0.4) is 0 Å². The molecule has 1 aliphatic rings. The van der Waals surface area contributed by atoms with Crippen molar-refractivity contribution in [2.45, 2.75) is 18.4 Å². The maximum absolute atomic E-state index is 14.5. The third-order valence-corrected chi connectivity index (χ3v) is 4.84. The fourth-order valence-electron chi connectivity index (χ4n) is 3.05. The normalized spacial score (nSPS) is 20.4. The van der Waals surface area contributed by atoms with Gasteiger partial charge in [-0.3, -0.25) is 4.98 Å². The fraction of sp³-hybridized carbons (Fsp3) is 0.412. The molecule has 8 heteroatoms. The lowest BCUT2D eigenvalue weighted by Gasteiger charge is -2.37. The number of nitrogens with zero attached hydrogens (tertiary/aromatic N) is 2. The number of esters is 1. The number of aromatic nitrogens is 1. The second-order valence-corrected chi connectivity index (χ2v) is 7.10. The van der Waals surface area contributed by atoms with Crippen molar-refractivity contribution in [1.82, 2.24) is 9.88 Å². The summed E-state index contributed by atoms with van der Waals surface area (Å²) in [6.45, 7) is 0.221. The number of methoxy groups -OCH3 is 1. The van der Waals surface area contributed by atoms with Gasteiger partial charge in [-0.05, 0) is 31.7 Å². The number of fused-ring (bicyclic) bond motifs is 1. The molecule has 0 amide bonds. The van der Waals surface area contributed by atoms with Gasteiger partial charge in [0, 0.05) is 22.6 Å². The van der Waals surface area contributed by atoms with Crippen LogP contribution in [0, 0.1) is 0 Å². The van der Waals surface area contributed by atoms with Crippen molar-refractivity contribution < 1.29 is 18.3 Å². The summed E-state index contributed by atoms with van der Waals surface area (Å²) in [4.78, 5) is 17.9. The van der Waals surface area contributed by atoms with Crippen LogP contribution in [0.4, 0.5) is 14.5 Å². The number of ether oxygens (including phenoxy) is 1. The maximum Gasteiger partial charge on any atom is 0.341 e. The van der Waals surface area contributed by atoms with Crippen molar-refractivity contribution in [3.05, 3.63) is 34.4 Å². The third-order valence-electron chi connectivity index (χ3n) is 4.34. The Hall–Kier alpha value is -1.80. The van der Waals surface area contributed by atoms with E-state index >= 15 is 0 Å². The van der Waals surface area contributed by atoms with Gasteiger partial charge in [-0.2, -0.15) is 0 Å². The van der Waals surface area contributed by atoms with Gasteiger partial charge in [0.2, 0.25) is 0 Å². The van der Waals surface area contributed by atoms with Crippen LogP contribution in [-0.2, 0) is 4.74 Å². The Labute approximate surface area is 152 Å². The van der Waals surface area contributed by atoms with E-state index in [1.54, 1.807) is 30.1 Å². The molecule has 0 bridgehead atoms. The molecule has 0 aliphatic carbocycles. The van der Waals surface area contributed by atoms with E-state index in [1.165, 1.54) is 13.3 Å². The van der Waals surface area contributed by atoms with Crippen LogP contribution in [0.2, 0.25) is 0 Å². The summed E-state index contributed by atoms with van der Waals surface area (Å²) < 4.78 is 34.5. The quantitative estimate of drug-likeness (QED) is 0.779. The summed E-state index contributed by atoms with van der Waals surface area (Å²) in [5.41, 5.74) is 1.07. The lowest BCUT2D eigenvalue weighted by molar-refractivity contribution is -0.0673. The van der Waals surface area contributed by atoms with Gasteiger partial charge in [-0.1, -0.05) is 15.9 Å². The van der Waals surface area contributed by atoms with Crippen molar-refractivity contribution in [2.24, 2.45) is 0 Å². The molecule has 1 aromatic carbocycles. The molecule has 0 saturated carbocycles. The highest BCUT2D eigenvalue weighted by molar-refractivity contribution is 9.10. The molecule has 1 aromatic heterocycles. The van der Waals surface area contributed by atoms with Crippen molar-refractivity contribution in [3.63, 3.8) is 0 Å². The molecule has 3 rings (SSSR count). The molecule has 1 atom stereocenters. The fourth-order valence-corrected chi connectivity index (χ4v) is 3.41. The number of pyridine rings is 1. The number of carbonyl (C=O) groups is 1. The number of likely N-dealkylation sites (tertiary alicyclic amines) is 1. The minimum absolute atomic E-state index is 0.142. The van der Waals surface area contributed by atoms with Gasteiger partial charge in [0.15, 0.2) is 0 Å². The molecule has 1 fully saturated rings. The molecule has 1 unspecified atom stereocenters. The van der Waals surface area contributed by atoms with Crippen molar-refractivity contribution >= 4 is 38.5 Å². The second-order valence-electron chi connectivity index (χ2n) is 6.18. The van der Waals surface area contributed by atoms with E-state index < -0.39 is 17.9 Å². The van der Waals surface area contributed by atoms with E-state index in [4.69, 9.17) is 4.74 Å². The lowest BCUT2D eigenvalue weighted by Crippen LogP contribution is -2.53. The van der Waals surface area contributed by atoms with Crippen LogP contribution in [0.25, 0.3) is 10.9 Å². The molecular formula is C17H18BrF2N3O2. The third kappa shape index (κ3) is 3.59. The topological polar surface area (TPSA) is 54.5 Å². The zero-order valence-corrected chi connectivity index (χ0v) is 15.4. The van der Waals surface area contributed by atoms with Crippen LogP contribution < -0.4 is 5.32 Å². The molecule has 1 saturated heterocycles. The van der Waals surface area contributed by atoms with Crippen LogP contribution in [0.1, 0.15) is 16.8 Å². The van der Waals surface area contributed by atoms with E-state index in [9.17, 15) is 13.6 Å². The molecule has 134 valence electrons. The zero-order chi connectivity index (χ0) is 18.2. The Bertz CT molecular complexity index is 816. The highest BCUT2D eigenvalue weighted by Crippen LogP contribution is 2.34. The molecule has 25 heavy (non-hydrogen) atoms. The largest absolute Gasteiger partial charge is 0.465 e. The predicted octanol–water partition coefficient (Wildman–Crippen LogP) is 3.54. The first kappa shape index (κ1) is 18.0. The first-order chi connectivity index (χ1) is 11.8. The monoisotopic (exact) mass is 413 g/mol. The minimum atomic E-state index is -2.91. The highest BCUT2D eigenvalue weighted by atomic mass is 79.9. The number of alkyl halides is 2. The molecule has 0 radical (unpaired) electrons. The lowest BCUT2D eigenvalue weighted by atomic mass is 9.99. The van der Waals surface area contributed by atoms with Crippen molar-refractivity contribution in [1.29, 1.82) is 0 Å². The summed E-state index contributed by atoms with van der Waals surface area (Å²) >= 11 is 3.37. The van der Waals surface area contributed by atoms with E-state index in [-0.39, 0.29) is 18.5 Å². The smallest absolute Gasteiger partial charge is 0.341 e. The summed E-state index contributed by atoms with van der Waals surface area (Å²) in [7, 11) is 2.92. The van der Waals surface area contributed by atoms with Crippen molar-refractivity contribution in [3.8, 4) is 0 Å². The molecule has 2 heterocycles. The zero-order valence-electron chi connectivity index (χ0n) is 13.9. The van der Waals surface area contributed by atoms with Crippen LogP contribution in [0.5, 0.6) is 0 Å². The number of benzene rings is 1. The van der Waals surface area contributed by atoms with Crippen LogP contribution in [0.15, 0.2) is 28.9 Å². The molecule has 0 spiro atoms. The minimum Gasteiger partial charge on any atom is -0.465 e. The van der Waals surface area contributed by atoms with Gasteiger partial charge in [0.05, 0.1) is 30.9 Å². The van der Waals surface area contributed by atoms with E-state index in [0.29, 0.717) is 23.1 Å². The SMILES string of the molecule is COC(=O)c1cnc2ccc(Br)cc2c1NC1CCN(C)CC1(F)F. The Morgan fingerprint density at radius 2 is 2.24 bits per heavy atom. The number of halogens is 3. The average molecular weight is 414 g/mol. The van der Waals surface area contributed by atoms with E-state index in [2.05, 4.69) is 26.2 Å². The first-order valence-electron chi connectivity index (χ1n) is 7.81. The Kier molecular flexibility index (Phi) is 4.92. The Morgan fingerprint density at radius 1 is 1.48 bits per heavy atom. The number of hydrogen-bond acceptors (Lipinski definition) is 5. The van der Waals surface area contributed by atoms with Crippen LogP contribution >= 0.6 is 15.9 Å². The van der Waals surface area contributed by atoms with Crippen LogP contribution in [-0.4, -0.2) is 55.1 Å². The Morgan fingerprint density at radius 3 is 2.92 bits per heavy atom. The maximum atomic E-state index is 14.5. The number of nitrogens with one attached hydrogen (secondary N) is 1. The summed E-state index contributed by atoms with van der Waals surface area (Å²) in [5.74, 6) is -3.53. The Balaban J connectivity index is 2.09. The number of hydrogen-bond donors (Lipinski definition) is 1. The summed E-state index contributed by atoms with van der Waals surface area (Å²) in [5, 5.41) is 3.50. The second kappa shape index (κ2) is 6.84. The number of piperidine rings is 1. The molecule has 2 aromatic rings. The van der Waals surface area contributed by atoms with E-state index in [0.717, 1.165) is 4.47 Å². The van der Waals surface area contributed by atoms with Crippen molar-refractivity contribution in [2.75, 3.05) is 32.6 Å². The molecule has 1 N–H and O–H groups in total. The highest BCUT2D eigenvalue weighted by Gasteiger charge is 2.44. The van der Waals surface area contributed by atoms with Gasteiger partial charge in [0.25, 0.3) is 5.92 Å². The number of carbonyl (C=O) groups excluding carboxylic acids is 1. The number of rotatable bonds is 3. The molecule has 5 nitrogen and oxygen atoms in total. The van der Waals surface area contributed by atoms with Gasteiger partial charge in [-0.15, -0.1) is 0 Å². The van der Waals surface area contributed by atoms with Gasteiger partial charge in [0.1, 0.15) is 5.56 Å². The number of anilines is 1. The summed E-state index contributed by atoms with van der Waals surface area (Å²) in [6, 6.07) is 4.25. The average Bonchev–Trinajstić information content (AvgIpc) is 2.56. The van der Waals surface area contributed by atoms with Gasteiger partial charge >= 0.3 is 5.97 Å². The first-order valence-corrected chi connectivity index (χ1v) is 8.60. The molecule has 1 aliphatic heterocycles. The van der Waals surface area contributed by atoms with E-state index in [1.807, 2.05) is 0 Å². The summed E-state index contributed by atoms with van der Waals surface area (Å²) in [6.07, 6.45) is 1.62. The molecular weight excluding hydrogens is 396 g/mol.